The normalized spacial score (nSPS) is 12.2. The van der Waals surface area contributed by atoms with E-state index in [1.54, 1.807) is 35.5 Å². The first-order valence-corrected chi connectivity index (χ1v) is 8.36. The fourth-order valence-corrected chi connectivity index (χ4v) is 4.08. The van der Waals surface area contributed by atoms with Crippen LogP contribution in [0.4, 0.5) is 0 Å². The van der Waals surface area contributed by atoms with Crippen LogP contribution in [0.5, 0.6) is 0 Å². The van der Waals surface area contributed by atoms with Crippen LogP contribution in [0.25, 0.3) is 0 Å². The Labute approximate surface area is 121 Å². The topological polar surface area (TPSA) is 55.2 Å². The average Bonchev–Trinajstić information content (AvgIpc) is 2.99. The van der Waals surface area contributed by atoms with Crippen LogP contribution < -0.4 is 0 Å². The number of halogens is 1. The van der Waals surface area contributed by atoms with Gasteiger partial charge in [0.05, 0.1) is 17.3 Å². The van der Waals surface area contributed by atoms with E-state index in [2.05, 4.69) is 4.98 Å². The van der Waals surface area contributed by atoms with E-state index in [4.69, 9.17) is 11.6 Å². The van der Waals surface area contributed by atoms with Gasteiger partial charge in [0.2, 0.25) is 10.0 Å². The number of hydrogen-bond donors (Lipinski definition) is 0. The molecule has 0 saturated heterocycles. The summed E-state index contributed by atoms with van der Waals surface area (Å²) in [5, 5.41) is 1.61. The monoisotopic (exact) mass is 319 g/mol. The van der Waals surface area contributed by atoms with Gasteiger partial charge in [-0.2, -0.15) is 4.31 Å². The number of imidazole rings is 1. The maximum atomic E-state index is 12.4. The van der Waals surface area contributed by atoms with Crippen molar-refractivity contribution >= 4 is 33.0 Å². The van der Waals surface area contributed by atoms with Crippen LogP contribution in [-0.4, -0.2) is 29.3 Å². The number of aromatic nitrogens is 2. The van der Waals surface area contributed by atoms with Crippen molar-refractivity contribution in [3.05, 3.63) is 34.5 Å². The van der Waals surface area contributed by atoms with Crippen molar-refractivity contribution < 1.29 is 8.42 Å². The summed E-state index contributed by atoms with van der Waals surface area (Å²) in [4.78, 5) is 5.24. The Morgan fingerprint density at radius 2 is 2.26 bits per heavy atom. The molecule has 0 aromatic carbocycles. The van der Waals surface area contributed by atoms with Crippen LogP contribution in [0, 0.1) is 0 Å². The molecule has 5 nitrogen and oxygen atoms in total. The second-order valence-corrected chi connectivity index (χ2v) is 7.41. The zero-order chi connectivity index (χ0) is 14.0. The summed E-state index contributed by atoms with van der Waals surface area (Å²) < 4.78 is 27.8. The number of alkyl halides is 1. The predicted octanol–water partition coefficient (Wildman–Crippen LogP) is 2.04. The smallest absolute Gasteiger partial charge is 0.244 e. The minimum absolute atomic E-state index is 0.234. The molecule has 0 spiro atoms. The van der Waals surface area contributed by atoms with E-state index >= 15 is 0 Å². The highest BCUT2D eigenvalue weighted by Gasteiger charge is 2.23. The quantitative estimate of drug-likeness (QED) is 0.792. The molecule has 0 amide bonds. The Bertz CT molecular complexity index is 663. The first-order chi connectivity index (χ1) is 8.95. The van der Waals surface area contributed by atoms with Crippen LogP contribution in [0.1, 0.15) is 10.7 Å². The van der Waals surface area contributed by atoms with Crippen LogP contribution in [0.15, 0.2) is 28.7 Å². The van der Waals surface area contributed by atoms with Gasteiger partial charge in [-0.05, 0) is 6.07 Å². The standard InChI is InChI=1S/C11H14ClN3O2S2/c1-14-4-3-13-11(14)7-15(2)19(16,17)10-5-9(6-12)18-8-10/h3-5,8H,6-7H2,1-2H3. The molecule has 0 fully saturated rings. The minimum Gasteiger partial charge on any atom is -0.337 e. The zero-order valence-electron chi connectivity index (χ0n) is 10.6. The summed E-state index contributed by atoms with van der Waals surface area (Å²) in [5.74, 6) is 1.02. The van der Waals surface area contributed by atoms with E-state index in [0.717, 1.165) is 4.88 Å². The van der Waals surface area contributed by atoms with Crippen LogP contribution >= 0.6 is 22.9 Å². The number of rotatable bonds is 5. The molecule has 0 unspecified atom stereocenters. The molecular formula is C11H14ClN3O2S2. The molecule has 0 bridgehead atoms. The summed E-state index contributed by atoms with van der Waals surface area (Å²) in [6.07, 6.45) is 3.43. The molecule has 0 aliphatic heterocycles. The summed E-state index contributed by atoms with van der Waals surface area (Å²) in [7, 11) is -0.113. The first kappa shape index (κ1) is 14.5. The van der Waals surface area contributed by atoms with Gasteiger partial charge in [0, 0.05) is 36.7 Å². The lowest BCUT2D eigenvalue weighted by atomic mass is 10.5. The van der Waals surface area contributed by atoms with Crippen molar-refractivity contribution in [2.45, 2.75) is 17.3 Å². The number of hydrogen-bond acceptors (Lipinski definition) is 4. The molecule has 19 heavy (non-hydrogen) atoms. The Morgan fingerprint density at radius 3 is 2.79 bits per heavy atom. The lowest BCUT2D eigenvalue weighted by Gasteiger charge is -2.15. The minimum atomic E-state index is -3.49. The van der Waals surface area contributed by atoms with Gasteiger partial charge in [-0.25, -0.2) is 13.4 Å². The molecule has 8 heteroatoms. The van der Waals surface area contributed by atoms with Crippen molar-refractivity contribution in [1.82, 2.24) is 13.9 Å². The predicted molar refractivity (Wildman–Crippen MR) is 75.7 cm³/mol. The number of nitrogens with zero attached hydrogens (tertiary/aromatic N) is 3. The summed E-state index contributed by atoms with van der Waals surface area (Å²) in [5.41, 5.74) is 0. The Kier molecular flexibility index (Phi) is 4.29. The Hall–Kier alpha value is -0.890. The maximum absolute atomic E-state index is 12.4. The molecule has 0 radical (unpaired) electrons. The average molecular weight is 320 g/mol. The van der Waals surface area contributed by atoms with E-state index in [1.165, 1.54) is 15.6 Å². The van der Waals surface area contributed by atoms with E-state index in [1.807, 2.05) is 7.05 Å². The highest BCUT2D eigenvalue weighted by atomic mass is 35.5. The fourth-order valence-electron chi connectivity index (χ4n) is 1.58. The van der Waals surface area contributed by atoms with Crippen molar-refractivity contribution in [3.8, 4) is 0 Å². The first-order valence-electron chi connectivity index (χ1n) is 5.51. The highest BCUT2D eigenvalue weighted by molar-refractivity contribution is 7.89. The van der Waals surface area contributed by atoms with Crippen molar-refractivity contribution in [3.63, 3.8) is 0 Å². The third kappa shape index (κ3) is 3.00. The van der Waals surface area contributed by atoms with E-state index in [-0.39, 0.29) is 11.4 Å². The summed E-state index contributed by atoms with van der Waals surface area (Å²) in [6.45, 7) is 0.234. The molecule has 2 heterocycles. The van der Waals surface area contributed by atoms with Crippen LogP contribution in [0.3, 0.4) is 0 Å². The molecular weight excluding hydrogens is 306 g/mol. The Balaban J connectivity index is 2.22. The van der Waals surface area contributed by atoms with Crippen LogP contribution in [-0.2, 0) is 29.5 Å². The third-order valence-corrected chi connectivity index (χ3v) is 6.07. The summed E-state index contributed by atoms with van der Waals surface area (Å²) >= 11 is 7.04. The molecule has 2 aromatic heterocycles. The molecule has 0 saturated carbocycles. The van der Waals surface area contributed by atoms with E-state index in [0.29, 0.717) is 11.7 Å². The highest BCUT2D eigenvalue weighted by Crippen LogP contribution is 2.23. The van der Waals surface area contributed by atoms with Crippen LogP contribution in [0.2, 0.25) is 0 Å². The molecule has 0 atom stereocenters. The SMILES string of the molecule is CN(Cc1nccn1C)S(=O)(=O)c1csc(CCl)c1. The van der Waals surface area contributed by atoms with E-state index in [9.17, 15) is 8.42 Å². The summed E-state index contributed by atoms with van der Waals surface area (Å²) in [6, 6.07) is 1.61. The second kappa shape index (κ2) is 5.62. The molecule has 104 valence electrons. The zero-order valence-corrected chi connectivity index (χ0v) is 13.0. The second-order valence-electron chi connectivity index (χ2n) is 4.10. The molecule has 0 aliphatic carbocycles. The maximum Gasteiger partial charge on any atom is 0.244 e. The molecule has 0 N–H and O–H groups in total. The number of sulfonamides is 1. The van der Waals surface area contributed by atoms with Gasteiger partial charge >= 0.3 is 0 Å². The van der Waals surface area contributed by atoms with Crippen molar-refractivity contribution in [2.24, 2.45) is 7.05 Å². The van der Waals surface area contributed by atoms with Gasteiger partial charge in [-0.1, -0.05) is 0 Å². The lowest BCUT2D eigenvalue weighted by molar-refractivity contribution is 0.451. The molecule has 0 aliphatic rings. The van der Waals surface area contributed by atoms with Gasteiger partial charge < -0.3 is 4.57 Å². The van der Waals surface area contributed by atoms with Gasteiger partial charge in [-0.3, -0.25) is 0 Å². The van der Waals surface area contributed by atoms with Gasteiger partial charge in [0.15, 0.2) is 0 Å². The fraction of sp³-hybridized carbons (Fsp3) is 0.364. The number of aryl methyl sites for hydroxylation is 1. The van der Waals surface area contributed by atoms with Gasteiger partial charge in [0.1, 0.15) is 5.82 Å². The van der Waals surface area contributed by atoms with E-state index < -0.39 is 10.0 Å². The lowest BCUT2D eigenvalue weighted by Crippen LogP contribution is -2.27. The van der Waals surface area contributed by atoms with Crippen molar-refractivity contribution in [2.75, 3.05) is 7.05 Å². The number of thiophene rings is 1. The molecule has 2 rings (SSSR count). The van der Waals surface area contributed by atoms with Crippen molar-refractivity contribution in [1.29, 1.82) is 0 Å². The van der Waals surface area contributed by atoms with Gasteiger partial charge in [-0.15, -0.1) is 22.9 Å². The Morgan fingerprint density at radius 1 is 1.53 bits per heavy atom. The van der Waals surface area contributed by atoms with Gasteiger partial charge in [0.25, 0.3) is 0 Å². The largest absolute Gasteiger partial charge is 0.337 e. The third-order valence-electron chi connectivity index (χ3n) is 2.75. The molecule has 2 aromatic rings.